The minimum Gasteiger partial charge on any atom is -0.486 e. The molecule has 0 bridgehead atoms. The summed E-state index contributed by atoms with van der Waals surface area (Å²) in [4.78, 5) is 0. The number of terminal acetylenes is 1. The lowest BCUT2D eigenvalue weighted by atomic mass is 10.1. The van der Waals surface area contributed by atoms with Crippen molar-refractivity contribution in [3.8, 4) is 23.8 Å². The van der Waals surface area contributed by atoms with Gasteiger partial charge in [-0.05, 0) is 17.7 Å². The second-order valence-corrected chi connectivity index (χ2v) is 2.86. The van der Waals surface area contributed by atoms with E-state index in [0.717, 1.165) is 17.1 Å². The van der Waals surface area contributed by atoms with Crippen molar-refractivity contribution in [3.05, 3.63) is 23.8 Å². The van der Waals surface area contributed by atoms with Crippen LogP contribution in [-0.2, 0) is 6.42 Å². The molecular weight excluding hydrogens is 164 g/mol. The molecule has 0 amide bonds. The van der Waals surface area contributed by atoms with E-state index in [1.54, 1.807) is 0 Å². The summed E-state index contributed by atoms with van der Waals surface area (Å²) in [7, 11) is 0. The fourth-order valence-corrected chi connectivity index (χ4v) is 1.32. The zero-order chi connectivity index (χ0) is 9.10. The Morgan fingerprint density at radius 3 is 2.77 bits per heavy atom. The van der Waals surface area contributed by atoms with E-state index >= 15 is 0 Å². The summed E-state index contributed by atoms with van der Waals surface area (Å²) in [5.41, 5.74) is 1.09. The van der Waals surface area contributed by atoms with E-state index in [9.17, 15) is 0 Å². The molecule has 2 heteroatoms. The van der Waals surface area contributed by atoms with Gasteiger partial charge in [0.25, 0.3) is 0 Å². The monoisotopic (exact) mass is 174 g/mol. The molecule has 1 aromatic rings. The molecule has 0 N–H and O–H groups in total. The minimum absolute atomic E-state index is 0.618. The second kappa shape index (κ2) is 3.40. The van der Waals surface area contributed by atoms with Gasteiger partial charge in [0.2, 0.25) is 0 Å². The Hall–Kier alpha value is -1.62. The maximum Gasteiger partial charge on any atom is 0.161 e. The molecule has 1 aliphatic heterocycles. The van der Waals surface area contributed by atoms with Gasteiger partial charge in [-0.1, -0.05) is 6.07 Å². The molecule has 0 radical (unpaired) electrons. The van der Waals surface area contributed by atoms with Gasteiger partial charge in [-0.3, -0.25) is 0 Å². The van der Waals surface area contributed by atoms with Gasteiger partial charge < -0.3 is 9.47 Å². The molecule has 0 atom stereocenters. The standard InChI is InChI=1S/C11H10O2/c1-2-3-9-4-5-10-11(8-9)13-7-6-12-10/h1,4-5,8H,3,6-7H2. The Bertz CT molecular complexity index is 350. The first-order chi connectivity index (χ1) is 6.40. The Morgan fingerprint density at radius 1 is 1.23 bits per heavy atom. The highest BCUT2D eigenvalue weighted by molar-refractivity contribution is 5.44. The first-order valence-electron chi connectivity index (χ1n) is 4.22. The SMILES string of the molecule is C#CCc1ccc2c(c1)OCCO2. The molecule has 2 nitrogen and oxygen atoms in total. The maximum atomic E-state index is 5.42. The van der Waals surface area contributed by atoms with Crippen LogP contribution in [0.2, 0.25) is 0 Å². The van der Waals surface area contributed by atoms with Crippen molar-refractivity contribution >= 4 is 0 Å². The van der Waals surface area contributed by atoms with Gasteiger partial charge >= 0.3 is 0 Å². The average molecular weight is 174 g/mol. The third-order valence-electron chi connectivity index (χ3n) is 1.91. The Kier molecular flexibility index (Phi) is 2.09. The van der Waals surface area contributed by atoms with Gasteiger partial charge in [-0.25, -0.2) is 0 Å². The molecule has 66 valence electrons. The second-order valence-electron chi connectivity index (χ2n) is 2.86. The molecule has 1 heterocycles. The molecule has 0 saturated heterocycles. The van der Waals surface area contributed by atoms with E-state index in [1.165, 1.54) is 0 Å². The highest BCUT2D eigenvalue weighted by Gasteiger charge is 2.10. The Balaban J connectivity index is 2.31. The quantitative estimate of drug-likeness (QED) is 0.602. The minimum atomic E-state index is 0.618. The van der Waals surface area contributed by atoms with Crippen molar-refractivity contribution in [2.24, 2.45) is 0 Å². The van der Waals surface area contributed by atoms with Crippen LogP contribution in [0.5, 0.6) is 11.5 Å². The Labute approximate surface area is 77.5 Å². The number of rotatable bonds is 1. The third-order valence-corrected chi connectivity index (χ3v) is 1.91. The highest BCUT2D eigenvalue weighted by atomic mass is 16.6. The van der Waals surface area contributed by atoms with E-state index in [4.69, 9.17) is 15.9 Å². The number of benzene rings is 1. The van der Waals surface area contributed by atoms with Crippen LogP contribution in [0.3, 0.4) is 0 Å². The first-order valence-corrected chi connectivity index (χ1v) is 4.22. The van der Waals surface area contributed by atoms with Crippen LogP contribution in [0.15, 0.2) is 18.2 Å². The predicted molar refractivity (Wildman–Crippen MR) is 50.0 cm³/mol. The lowest BCUT2D eigenvalue weighted by Crippen LogP contribution is -2.15. The number of hydrogen-bond acceptors (Lipinski definition) is 2. The molecule has 2 rings (SSSR count). The summed E-state index contributed by atoms with van der Waals surface area (Å²) >= 11 is 0. The maximum absolute atomic E-state index is 5.42. The molecule has 0 aromatic heterocycles. The Morgan fingerprint density at radius 2 is 2.00 bits per heavy atom. The normalized spacial score (nSPS) is 13.5. The van der Waals surface area contributed by atoms with Crippen molar-refractivity contribution in [2.75, 3.05) is 13.2 Å². The molecule has 0 fully saturated rings. The number of fused-ring (bicyclic) bond motifs is 1. The summed E-state index contributed by atoms with van der Waals surface area (Å²) in [6.45, 7) is 1.24. The van der Waals surface area contributed by atoms with Crippen LogP contribution in [-0.4, -0.2) is 13.2 Å². The van der Waals surface area contributed by atoms with Gasteiger partial charge in [0, 0.05) is 6.42 Å². The number of hydrogen-bond donors (Lipinski definition) is 0. The van der Waals surface area contributed by atoms with E-state index in [0.29, 0.717) is 19.6 Å². The zero-order valence-corrected chi connectivity index (χ0v) is 7.25. The zero-order valence-electron chi connectivity index (χ0n) is 7.25. The van der Waals surface area contributed by atoms with Crippen LogP contribution in [0.1, 0.15) is 5.56 Å². The number of ether oxygens (including phenoxy) is 2. The van der Waals surface area contributed by atoms with Gasteiger partial charge in [0.1, 0.15) is 13.2 Å². The van der Waals surface area contributed by atoms with E-state index in [2.05, 4.69) is 5.92 Å². The smallest absolute Gasteiger partial charge is 0.161 e. The van der Waals surface area contributed by atoms with Crippen molar-refractivity contribution in [3.63, 3.8) is 0 Å². The van der Waals surface area contributed by atoms with Crippen LogP contribution in [0.4, 0.5) is 0 Å². The molecule has 0 unspecified atom stereocenters. The van der Waals surface area contributed by atoms with Crippen LogP contribution in [0.25, 0.3) is 0 Å². The predicted octanol–water partition coefficient (Wildman–Crippen LogP) is 1.63. The summed E-state index contributed by atoms with van der Waals surface area (Å²) in [6.07, 6.45) is 5.85. The molecule has 0 spiro atoms. The van der Waals surface area contributed by atoms with Gasteiger partial charge in [0.05, 0.1) is 0 Å². The van der Waals surface area contributed by atoms with Crippen LogP contribution in [0, 0.1) is 12.3 Å². The summed E-state index contributed by atoms with van der Waals surface area (Å²) in [5, 5.41) is 0. The van der Waals surface area contributed by atoms with E-state index in [-0.39, 0.29) is 0 Å². The lowest BCUT2D eigenvalue weighted by Gasteiger charge is -2.18. The summed E-state index contributed by atoms with van der Waals surface area (Å²) < 4.78 is 10.8. The highest BCUT2D eigenvalue weighted by Crippen LogP contribution is 2.30. The van der Waals surface area contributed by atoms with Gasteiger partial charge in [0.15, 0.2) is 11.5 Å². The molecule has 1 aliphatic rings. The fourth-order valence-electron chi connectivity index (χ4n) is 1.32. The van der Waals surface area contributed by atoms with Crippen molar-refractivity contribution in [2.45, 2.75) is 6.42 Å². The summed E-state index contributed by atoms with van der Waals surface area (Å²) in [5.74, 6) is 4.21. The van der Waals surface area contributed by atoms with Crippen LogP contribution >= 0.6 is 0 Å². The lowest BCUT2D eigenvalue weighted by molar-refractivity contribution is 0.171. The first kappa shape index (κ1) is 8.00. The fraction of sp³-hybridized carbons (Fsp3) is 0.273. The van der Waals surface area contributed by atoms with E-state index in [1.807, 2.05) is 18.2 Å². The van der Waals surface area contributed by atoms with Crippen LogP contribution < -0.4 is 9.47 Å². The largest absolute Gasteiger partial charge is 0.486 e. The van der Waals surface area contributed by atoms with Gasteiger partial charge in [-0.15, -0.1) is 12.3 Å². The molecule has 0 aliphatic carbocycles. The molecule has 0 saturated carbocycles. The summed E-state index contributed by atoms with van der Waals surface area (Å²) in [6, 6.07) is 5.81. The van der Waals surface area contributed by atoms with Crippen molar-refractivity contribution in [1.29, 1.82) is 0 Å². The van der Waals surface area contributed by atoms with E-state index < -0.39 is 0 Å². The average Bonchev–Trinajstić information content (AvgIpc) is 2.18. The molecule has 1 aromatic carbocycles. The van der Waals surface area contributed by atoms with Gasteiger partial charge in [-0.2, -0.15) is 0 Å². The topological polar surface area (TPSA) is 18.5 Å². The van der Waals surface area contributed by atoms with Crippen molar-refractivity contribution < 1.29 is 9.47 Å². The third kappa shape index (κ3) is 1.59. The molecular formula is C11H10O2. The molecule has 13 heavy (non-hydrogen) atoms. The van der Waals surface area contributed by atoms with Crippen molar-refractivity contribution in [1.82, 2.24) is 0 Å².